The molecule has 24 heavy (non-hydrogen) atoms. The van der Waals surface area contributed by atoms with Crippen molar-refractivity contribution in [1.82, 2.24) is 9.88 Å². The quantitative estimate of drug-likeness (QED) is 0.828. The number of rotatable bonds is 4. The fourth-order valence-corrected chi connectivity index (χ4v) is 3.57. The number of piperidine rings is 1. The summed E-state index contributed by atoms with van der Waals surface area (Å²) in [6.45, 7) is 1.08. The molecule has 3 rings (SSSR count). The number of methoxy groups -OCH3 is 1. The van der Waals surface area contributed by atoms with Crippen molar-refractivity contribution in [1.29, 1.82) is 0 Å². The van der Waals surface area contributed by atoms with Gasteiger partial charge < -0.3 is 14.8 Å². The molecule has 0 bridgehead atoms. The molecule has 0 amide bonds. The molecule has 1 saturated heterocycles. The number of nitrogens with zero attached hydrogens (tertiary/aromatic N) is 1. The summed E-state index contributed by atoms with van der Waals surface area (Å²) in [7, 11) is 1.38. The van der Waals surface area contributed by atoms with E-state index in [2.05, 4.69) is 4.98 Å². The zero-order chi connectivity index (χ0) is 17.3. The maximum absolute atomic E-state index is 11.9. The third kappa shape index (κ3) is 3.12. The first kappa shape index (κ1) is 16.8. The highest BCUT2D eigenvalue weighted by atomic mass is 35.5. The second-order valence-electron chi connectivity index (χ2n) is 6.01. The number of nitrogens with one attached hydrogen (secondary N) is 1. The Hall–Kier alpha value is -2.05. The van der Waals surface area contributed by atoms with Crippen molar-refractivity contribution < 1.29 is 19.4 Å². The van der Waals surface area contributed by atoms with Gasteiger partial charge in [-0.1, -0.05) is 17.7 Å². The fraction of sp³-hybridized carbons (Fsp3) is 0.412. The van der Waals surface area contributed by atoms with E-state index in [-0.39, 0.29) is 11.9 Å². The Balaban J connectivity index is 1.85. The summed E-state index contributed by atoms with van der Waals surface area (Å²) < 4.78 is 4.78. The maximum atomic E-state index is 11.9. The lowest BCUT2D eigenvalue weighted by Crippen LogP contribution is -2.41. The van der Waals surface area contributed by atoms with Gasteiger partial charge in [0.15, 0.2) is 0 Å². The van der Waals surface area contributed by atoms with E-state index < -0.39 is 12.0 Å². The van der Waals surface area contributed by atoms with Crippen LogP contribution in [0.25, 0.3) is 10.9 Å². The molecular weight excluding hydrogens is 332 g/mol. The first-order valence-electron chi connectivity index (χ1n) is 7.82. The van der Waals surface area contributed by atoms with Gasteiger partial charge in [0.25, 0.3) is 0 Å². The summed E-state index contributed by atoms with van der Waals surface area (Å²) in [4.78, 5) is 28.5. The normalized spacial score (nSPS) is 17.8. The van der Waals surface area contributed by atoms with Crippen LogP contribution in [0.1, 0.15) is 24.4 Å². The minimum Gasteiger partial charge on any atom is -0.480 e. The van der Waals surface area contributed by atoms with Gasteiger partial charge in [-0.25, -0.2) is 0 Å². The Labute approximate surface area is 144 Å². The average Bonchev–Trinajstić information content (AvgIpc) is 2.97. The fourth-order valence-electron chi connectivity index (χ4n) is 3.39. The molecule has 1 aromatic heterocycles. The van der Waals surface area contributed by atoms with Gasteiger partial charge in [-0.05, 0) is 25.0 Å². The van der Waals surface area contributed by atoms with E-state index in [0.717, 1.165) is 10.9 Å². The van der Waals surface area contributed by atoms with Crippen molar-refractivity contribution in [2.75, 3.05) is 20.2 Å². The van der Waals surface area contributed by atoms with Crippen LogP contribution < -0.4 is 0 Å². The topological polar surface area (TPSA) is 82.6 Å². The number of aromatic amines is 1. The summed E-state index contributed by atoms with van der Waals surface area (Å²) >= 11 is 5.99. The Bertz CT molecular complexity index is 765. The molecule has 0 unspecified atom stereocenters. The minimum atomic E-state index is -0.901. The summed E-state index contributed by atoms with van der Waals surface area (Å²) in [5.74, 6) is -1.27. The number of likely N-dealkylation sites (tertiary alicyclic amines) is 1. The zero-order valence-electron chi connectivity index (χ0n) is 13.3. The minimum absolute atomic E-state index is 0.150. The number of carboxylic acids is 1. The van der Waals surface area contributed by atoms with Crippen LogP contribution in [-0.2, 0) is 14.3 Å². The Morgan fingerprint density at radius 1 is 1.38 bits per heavy atom. The van der Waals surface area contributed by atoms with Gasteiger partial charge in [0, 0.05) is 40.8 Å². The number of aromatic nitrogens is 1. The molecular formula is C17H19ClN2O4. The van der Waals surface area contributed by atoms with Crippen LogP contribution in [0.15, 0.2) is 24.4 Å². The van der Waals surface area contributed by atoms with Crippen LogP contribution in [0, 0.1) is 5.92 Å². The van der Waals surface area contributed by atoms with E-state index in [1.165, 1.54) is 7.11 Å². The number of hydrogen-bond donors (Lipinski definition) is 2. The summed E-state index contributed by atoms with van der Waals surface area (Å²) in [5.41, 5.74) is 1.53. The van der Waals surface area contributed by atoms with Crippen LogP contribution in [0.2, 0.25) is 5.02 Å². The number of carboxylic acid groups (broad SMARTS) is 1. The van der Waals surface area contributed by atoms with Crippen molar-refractivity contribution in [3.63, 3.8) is 0 Å². The number of ether oxygens (including phenoxy) is 1. The van der Waals surface area contributed by atoms with E-state index in [4.69, 9.17) is 16.3 Å². The average molecular weight is 351 g/mol. The van der Waals surface area contributed by atoms with Crippen LogP contribution in [0.5, 0.6) is 0 Å². The summed E-state index contributed by atoms with van der Waals surface area (Å²) in [6.07, 6.45) is 2.93. The smallest absolute Gasteiger partial charge is 0.325 e. The van der Waals surface area contributed by atoms with E-state index in [1.54, 1.807) is 18.3 Å². The van der Waals surface area contributed by atoms with E-state index >= 15 is 0 Å². The first-order chi connectivity index (χ1) is 11.5. The van der Waals surface area contributed by atoms with Gasteiger partial charge in [-0.2, -0.15) is 0 Å². The van der Waals surface area contributed by atoms with Gasteiger partial charge in [0.05, 0.1) is 13.0 Å². The Morgan fingerprint density at radius 2 is 2.08 bits per heavy atom. The number of H-pyrrole nitrogens is 1. The molecule has 1 fully saturated rings. The van der Waals surface area contributed by atoms with Crippen LogP contribution in [0.3, 0.4) is 0 Å². The van der Waals surface area contributed by atoms with Crippen molar-refractivity contribution >= 4 is 34.4 Å². The standard InChI is InChI=1S/C17H19ClN2O4/c1-24-17(23)10-4-6-20(7-5-10)15(16(21)22)13-9-19-14-8-11(18)2-3-12(13)14/h2-3,8-10,15,19H,4-7H2,1H3,(H,21,22)/t15-/m1/s1. The molecule has 7 heteroatoms. The number of hydrogen-bond acceptors (Lipinski definition) is 4. The first-order valence-corrected chi connectivity index (χ1v) is 8.20. The molecule has 6 nitrogen and oxygen atoms in total. The van der Waals surface area contributed by atoms with E-state index in [1.807, 2.05) is 11.0 Å². The molecule has 0 radical (unpaired) electrons. The second kappa shape index (κ2) is 6.83. The third-order valence-corrected chi connectivity index (χ3v) is 4.87. The summed E-state index contributed by atoms with van der Waals surface area (Å²) in [5, 5.41) is 11.2. The van der Waals surface area contributed by atoms with Gasteiger partial charge >= 0.3 is 11.9 Å². The molecule has 0 aliphatic carbocycles. The maximum Gasteiger partial charge on any atom is 0.325 e. The van der Waals surface area contributed by atoms with Crippen molar-refractivity contribution in [3.05, 3.63) is 35.0 Å². The van der Waals surface area contributed by atoms with Crippen molar-refractivity contribution in [2.45, 2.75) is 18.9 Å². The number of esters is 1. The molecule has 0 spiro atoms. The number of carbonyl (C=O) groups is 2. The molecule has 2 heterocycles. The lowest BCUT2D eigenvalue weighted by molar-refractivity contribution is -0.148. The molecule has 1 aromatic carbocycles. The number of benzene rings is 1. The highest BCUT2D eigenvalue weighted by Crippen LogP contribution is 2.33. The number of fused-ring (bicyclic) bond motifs is 1. The zero-order valence-corrected chi connectivity index (χ0v) is 14.0. The lowest BCUT2D eigenvalue weighted by atomic mass is 9.94. The highest BCUT2D eigenvalue weighted by molar-refractivity contribution is 6.31. The van der Waals surface area contributed by atoms with Crippen LogP contribution in [-0.4, -0.2) is 47.1 Å². The van der Waals surface area contributed by atoms with Crippen LogP contribution in [0.4, 0.5) is 0 Å². The summed E-state index contributed by atoms with van der Waals surface area (Å²) in [6, 6.07) is 4.62. The van der Waals surface area contributed by atoms with Gasteiger partial charge in [0.2, 0.25) is 0 Å². The molecule has 128 valence electrons. The van der Waals surface area contributed by atoms with Crippen molar-refractivity contribution in [3.8, 4) is 0 Å². The SMILES string of the molecule is COC(=O)C1CCN([C@@H](C(=O)O)c2c[nH]c3cc(Cl)ccc23)CC1. The van der Waals surface area contributed by atoms with Crippen molar-refractivity contribution in [2.24, 2.45) is 5.92 Å². The second-order valence-corrected chi connectivity index (χ2v) is 6.44. The van der Waals surface area contributed by atoms with E-state index in [0.29, 0.717) is 36.5 Å². The predicted molar refractivity (Wildman–Crippen MR) is 90.0 cm³/mol. The Morgan fingerprint density at radius 3 is 2.71 bits per heavy atom. The third-order valence-electron chi connectivity index (χ3n) is 4.63. The predicted octanol–water partition coefficient (Wildman–Crippen LogP) is 2.83. The molecule has 0 saturated carbocycles. The number of carbonyl (C=O) groups excluding carboxylic acids is 1. The largest absolute Gasteiger partial charge is 0.480 e. The number of halogens is 1. The van der Waals surface area contributed by atoms with Crippen LogP contribution >= 0.6 is 11.6 Å². The molecule has 1 aliphatic heterocycles. The van der Waals surface area contributed by atoms with Gasteiger partial charge in [-0.15, -0.1) is 0 Å². The molecule has 2 aromatic rings. The lowest BCUT2D eigenvalue weighted by Gasteiger charge is -2.34. The molecule has 1 aliphatic rings. The van der Waals surface area contributed by atoms with Gasteiger partial charge in [-0.3, -0.25) is 14.5 Å². The number of aliphatic carboxylic acids is 1. The van der Waals surface area contributed by atoms with Gasteiger partial charge in [0.1, 0.15) is 6.04 Å². The molecule has 1 atom stereocenters. The monoisotopic (exact) mass is 350 g/mol. The Kier molecular flexibility index (Phi) is 4.78. The molecule has 2 N–H and O–H groups in total. The highest BCUT2D eigenvalue weighted by Gasteiger charge is 2.34. The van der Waals surface area contributed by atoms with E-state index in [9.17, 15) is 14.7 Å².